The molecule has 0 bridgehead atoms. The van der Waals surface area contributed by atoms with E-state index in [-0.39, 0.29) is 29.1 Å². The Labute approximate surface area is 124 Å². The van der Waals surface area contributed by atoms with Crippen molar-refractivity contribution in [1.29, 1.82) is 0 Å². The Bertz CT molecular complexity index is 477. The second-order valence-electron chi connectivity index (χ2n) is 4.57. The molecule has 1 fully saturated rings. The van der Waals surface area contributed by atoms with Crippen LogP contribution in [0.15, 0.2) is 28.7 Å². The van der Waals surface area contributed by atoms with Gasteiger partial charge >= 0.3 is 0 Å². The van der Waals surface area contributed by atoms with Gasteiger partial charge in [0.05, 0.1) is 5.92 Å². The Balaban J connectivity index is 2.26. The molecule has 4 nitrogen and oxygen atoms in total. The summed E-state index contributed by atoms with van der Waals surface area (Å²) in [4.78, 5) is 22.6. The third-order valence-electron chi connectivity index (χ3n) is 3.33. The van der Waals surface area contributed by atoms with E-state index in [2.05, 4.69) is 15.9 Å². The topological polar surface area (TPSA) is 60.2 Å². The number of carbonyl (C=O) groups is 1. The predicted octanol–water partition coefficient (Wildman–Crippen LogP) is 3.13. The van der Waals surface area contributed by atoms with E-state index in [0.717, 1.165) is 15.8 Å². The van der Waals surface area contributed by atoms with Crippen molar-refractivity contribution in [3.05, 3.63) is 44.4 Å². The van der Waals surface area contributed by atoms with Gasteiger partial charge in [0.15, 0.2) is 0 Å². The first kappa shape index (κ1) is 14.5. The molecule has 0 aliphatic carbocycles. The largest absolute Gasteiger partial charge is 0.299 e. The second-order valence-corrected chi connectivity index (χ2v) is 6.64. The highest BCUT2D eigenvalue weighted by Gasteiger charge is 2.34. The molecule has 0 N–H and O–H groups in total. The van der Waals surface area contributed by atoms with Crippen LogP contribution in [0.1, 0.15) is 17.9 Å². The maximum atomic E-state index is 12.0. The van der Waals surface area contributed by atoms with Crippen LogP contribution in [-0.2, 0) is 4.79 Å². The zero-order valence-electron chi connectivity index (χ0n) is 10.3. The number of nitro groups is 1. The van der Waals surface area contributed by atoms with Crippen molar-refractivity contribution in [1.82, 2.24) is 0 Å². The van der Waals surface area contributed by atoms with Gasteiger partial charge in [0.2, 0.25) is 6.54 Å². The predicted molar refractivity (Wildman–Crippen MR) is 79.2 cm³/mol. The summed E-state index contributed by atoms with van der Waals surface area (Å²) in [6.45, 7) is -0.182. The van der Waals surface area contributed by atoms with Gasteiger partial charge in [-0.3, -0.25) is 14.9 Å². The summed E-state index contributed by atoms with van der Waals surface area (Å²) in [6.07, 6.45) is 0.528. The van der Waals surface area contributed by atoms with Crippen LogP contribution in [0, 0.1) is 16.0 Å². The lowest BCUT2D eigenvalue weighted by Crippen LogP contribution is -2.32. The van der Waals surface area contributed by atoms with Gasteiger partial charge in [-0.05, 0) is 17.7 Å². The van der Waals surface area contributed by atoms with Crippen LogP contribution in [0.5, 0.6) is 0 Å². The van der Waals surface area contributed by atoms with E-state index in [1.54, 1.807) is 11.8 Å². The molecule has 1 aromatic rings. The molecule has 0 radical (unpaired) electrons. The lowest BCUT2D eigenvalue weighted by molar-refractivity contribution is -0.484. The van der Waals surface area contributed by atoms with Gasteiger partial charge in [-0.2, -0.15) is 11.8 Å². The van der Waals surface area contributed by atoms with Crippen LogP contribution in [-0.4, -0.2) is 28.8 Å². The lowest BCUT2D eigenvalue weighted by Gasteiger charge is -2.26. The molecule has 102 valence electrons. The Morgan fingerprint density at radius 2 is 2.11 bits per heavy atom. The van der Waals surface area contributed by atoms with Gasteiger partial charge in [-0.1, -0.05) is 28.1 Å². The fourth-order valence-electron chi connectivity index (χ4n) is 2.34. The molecule has 1 aliphatic rings. The summed E-state index contributed by atoms with van der Waals surface area (Å²) in [5.41, 5.74) is 0.876. The zero-order valence-corrected chi connectivity index (χ0v) is 12.7. The molecule has 6 heteroatoms. The van der Waals surface area contributed by atoms with Crippen LogP contribution in [0.4, 0.5) is 0 Å². The monoisotopic (exact) mass is 343 g/mol. The van der Waals surface area contributed by atoms with Crippen LogP contribution in [0.3, 0.4) is 0 Å². The number of halogens is 1. The molecule has 1 heterocycles. The molecule has 1 saturated heterocycles. The quantitative estimate of drug-likeness (QED) is 0.622. The smallest absolute Gasteiger partial charge is 0.211 e. The first-order chi connectivity index (χ1) is 9.08. The summed E-state index contributed by atoms with van der Waals surface area (Å²) in [5, 5.41) is 10.9. The minimum absolute atomic E-state index is 0.161. The Morgan fingerprint density at radius 3 is 2.68 bits per heavy atom. The molecular formula is C13H14BrNO3S. The summed E-state index contributed by atoms with van der Waals surface area (Å²) in [5.74, 6) is 1.14. The molecule has 0 spiro atoms. The maximum absolute atomic E-state index is 12.0. The Morgan fingerprint density at radius 1 is 1.42 bits per heavy atom. The number of thioether (sulfide) groups is 1. The molecular weight excluding hydrogens is 330 g/mol. The average molecular weight is 344 g/mol. The molecule has 2 atom stereocenters. The van der Waals surface area contributed by atoms with Crippen LogP contribution in [0.2, 0.25) is 0 Å². The number of hydrogen-bond acceptors (Lipinski definition) is 4. The van der Waals surface area contributed by atoms with E-state index in [9.17, 15) is 14.9 Å². The van der Waals surface area contributed by atoms with Crippen molar-refractivity contribution in [2.45, 2.75) is 12.3 Å². The number of Topliss-reactive ketones (excluding diaryl/α,β-unsaturated/α-hetero) is 1. The van der Waals surface area contributed by atoms with Gasteiger partial charge in [-0.15, -0.1) is 0 Å². The summed E-state index contributed by atoms with van der Waals surface area (Å²) < 4.78 is 0.931. The fourth-order valence-corrected chi connectivity index (χ4v) is 3.79. The highest BCUT2D eigenvalue weighted by atomic mass is 79.9. The van der Waals surface area contributed by atoms with Crippen molar-refractivity contribution in [2.75, 3.05) is 18.1 Å². The lowest BCUT2D eigenvalue weighted by atomic mass is 9.83. The van der Waals surface area contributed by atoms with Crippen LogP contribution >= 0.6 is 27.7 Å². The third-order valence-corrected chi connectivity index (χ3v) is 4.95. The molecule has 1 aromatic carbocycles. The van der Waals surface area contributed by atoms with Crippen LogP contribution < -0.4 is 0 Å². The second kappa shape index (κ2) is 6.52. The molecule has 0 amide bonds. The van der Waals surface area contributed by atoms with Gasteiger partial charge in [0.25, 0.3) is 0 Å². The number of hydrogen-bond donors (Lipinski definition) is 0. The molecule has 0 saturated carbocycles. The number of rotatable bonds is 4. The van der Waals surface area contributed by atoms with Crippen LogP contribution in [0.25, 0.3) is 0 Å². The van der Waals surface area contributed by atoms with E-state index in [4.69, 9.17) is 0 Å². The van der Waals surface area contributed by atoms with E-state index >= 15 is 0 Å². The van der Waals surface area contributed by atoms with Crippen molar-refractivity contribution in [3.63, 3.8) is 0 Å². The Kier molecular flexibility index (Phi) is 4.99. The standard InChI is InChI=1S/C13H14BrNO3S/c14-10-3-1-9(2-4-10)11(7-15(17)18)12-8-19-6-5-13(12)16/h1-4,11-12H,5-8H2/t11-,12-/m0/s1. The normalized spacial score (nSPS) is 21.1. The number of ketones is 1. The molecule has 19 heavy (non-hydrogen) atoms. The minimum Gasteiger partial charge on any atom is -0.299 e. The van der Waals surface area contributed by atoms with Crippen molar-refractivity contribution < 1.29 is 9.72 Å². The summed E-state index contributed by atoms with van der Waals surface area (Å²) in [6, 6.07) is 7.46. The molecule has 2 rings (SSSR count). The van der Waals surface area contributed by atoms with Gasteiger partial charge in [0.1, 0.15) is 5.78 Å². The van der Waals surface area contributed by atoms with Gasteiger partial charge in [0, 0.05) is 33.2 Å². The summed E-state index contributed by atoms with van der Waals surface area (Å²) in [7, 11) is 0. The first-order valence-electron chi connectivity index (χ1n) is 6.05. The van der Waals surface area contributed by atoms with E-state index in [1.165, 1.54) is 0 Å². The Hall–Kier alpha value is -0.880. The average Bonchev–Trinajstić information content (AvgIpc) is 2.38. The van der Waals surface area contributed by atoms with Crippen molar-refractivity contribution in [3.8, 4) is 0 Å². The molecule has 0 aromatic heterocycles. The maximum Gasteiger partial charge on any atom is 0.211 e. The van der Waals surface area contributed by atoms with Gasteiger partial charge < -0.3 is 0 Å². The third kappa shape index (κ3) is 3.79. The highest BCUT2D eigenvalue weighted by molar-refractivity contribution is 9.10. The fraction of sp³-hybridized carbons (Fsp3) is 0.462. The van der Waals surface area contributed by atoms with Gasteiger partial charge in [-0.25, -0.2) is 0 Å². The highest BCUT2D eigenvalue weighted by Crippen LogP contribution is 2.33. The molecule has 1 aliphatic heterocycles. The summed E-state index contributed by atoms with van der Waals surface area (Å²) >= 11 is 5.06. The number of benzene rings is 1. The van der Waals surface area contributed by atoms with E-state index in [0.29, 0.717) is 12.2 Å². The van der Waals surface area contributed by atoms with Crippen molar-refractivity contribution in [2.24, 2.45) is 5.92 Å². The van der Waals surface area contributed by atoms with E-state index in [1.807, 2.05) is 24.3 Å². The number of nitrogens with zero attached hydrogens (tertiary/aromatic N) is 1. The first-order valence-corrected chi connectivity index (χ1v) is 8.00. The zero-order chi connectivity index (χ0) is 13.8. The minimum atomic E-state index is -0.320. The van der Waals surface area contributed by atoms with Crippen molar-refractivity contribution >= 4 is 33.5 Å². The van der Waals surface area contributed by atoms with E-state index < -0.39 is 0 Å². The SMILES string of the molecule is O=C1CCSC[C@H]1[C@@H](C[N+](=O)[O-])c1ccc(Br)cc1. The molecule has 0 unspecified atom stereocenters. The number of carbonyl (C=O) groups excluding carboxylic acids is 1.